The van der Waals surface area contributed by atoms with Gasteiger partial charge in [0.25, 0.3) is 5.56 Å². The van der Waals surface area contributed by atoms with Crippen molar-refractivity contribution in [3.8, 4) is 0 Å². The molecule has 1 N–H and O–H groups in total. The molecule has 2 aromatic rings. The van der Waals surface area contributed by atoms with Crippen LogP contribution in [0.2, 0.25) is 20.1 Å². The van der Waals surface area contributed by atoms with Gasteiger partial charge in [0.1, 0.15) is 11.6 Å². The van der Waals surface area contributed by atoms with Crippen molar-refractivity contribution in [3.63, 3.8) is 0 Å². The van der Waals surface area contributed by atoms with E-state index in [9.17, 15) is 9.59 Å². The van der Waals surface area contributed by atoms with E-state index in [0.29, 0.717) is 15.6 Å². The molecule has 1 unspecified atom stereocenters. The fourth-order valence-corrected chi connectivity index (χ4v) is 2.75. The van der Waals surface area contributed by atoms with Gasteiger partial charge in [0, 0.05) is 10.0 Å². The molecule has 0 fully saturated rings. The summed E-state index contributed by atoms with van der Waals surface area (Å²) in [5, 5.41) is 7.30. The van der Waals surface area contributed by atoms with Gasteiger partial charge in [0.05, 0.1) is 17.3 Å². The third-order valence-electron chi connectivity index (χ3n) is 3.04. The molecule has 0 radical (unpaired) electrons. The summed E-state index contributed by atoms with van der Waals surface area (Å²) in [6.45, 7) is 1.48. The van der Waals surface area contributed by atoms with E-state index in [4.69, 9.17) is 46.4 Å². The summed E-state index contributed by atoms with van der Waals surface area (Å²) in [5.41, 5.74) is 0.0744. The number of rotatable bonds is 4. The van der Waals surface area contributed by atoms with E-state index < -0.39 is 11.5 Å². The molecule has 0 aliphatic rings. The summed E-state index contributed by atoms with van der Waals surface area (Å²) in [7, 11) is 0. The lowest BCUT2D eigenvalue weighted by Gasteiger charge is -2.16. The topological polar surface area (TPSA) is 64.0 Å². The van der Waals surface area contributed by atoms with Crippen molar-refractivity contribution < 1.29 is 4.79 Å². The van der Waals surface area contributed by atoms with Crippen LogP contribution in [0.15, 0.2) is 29.2 Å². The fraction of sp³-hybridized carbons (Fsp3) is 0.214. The van der Waals surface area contributed by atoms with Gasteiger partial charge < -0.3 is 5.32 Å². The standard InChI is InChI=1S/C14H11Cl4N3O2/c1-7(9-3-2-8(15)4-10(9)16)20-12(22)6-21-14(23)13(18)11(17)5-19-21/h2-5,7H,6H2,1H3,(H,20,22). The van der Waals surface area contributed by atoms with E-state index in [2.05, 4.69) is 10.4 Å². The molecule has 9 heteroatoms. The number of nitrogens with zero attached hydrogens (tertiary/aromatic N) is 2. The first kappa shape index (κ1) is 18.1. The van der Waals surface area contributed by atoms with Crippen LogP contribution in [0, 0.1) is 0 Å². The number of aromatic nitrogens is 2. The summed E-state index contributed by atoms with van der Waals surface area (Å²) in [4.78, 5) is 23.9. The Morgan fingerprint density at radius 2 is 1.96 bits per heavy atom. The first-order chi connectivity index (χ1) is 10.8. The van der Waals surface area contributed by atoms with Crippen molar-refractivity contribution in [1.29, 1.82) is 0 Å². The van der Waals surface area contributed by atoms with Crippen LogP contribution in [0.25, 0.3) is 0 Å². The molecule has 1 amide bonds. The van der Waals surface area contributed by atoms with E-state index in [1.165, 1.54) is 6.20 Å². The van der Waals surface area contributed by atoms with E-state index in [1.807, 2.05) is 0 Å². The fourth-order valence-electron chi connectivity index (χ4n) is 1.91. The zero-order chi connectivity index (χ0) is 17.1. The van der Waals surface area contributed by atoms with Gasteiger partial charge in [-0.25, -0.2) is 4.68 Å². The highest BCUT2D eigenvalue weighted by molar-refractivity contribution is 6.41. The molecule has 5 nitrogen and oxygen atoms in total. The Hall–Kier alpha value is -1.27. The number of hydrogen-bond donors (Lipinski definition) is 1. The molecule has 2 rings (SSSR count). The number of carbonyl (C=O) groups excluding carboxylic acids is 1. The molecule has 1 aromatic carbocycles. The van der Waals surface area contributed by atoms with Crippen LogP contribution in [0.4, 0.5) is 0 Å². The zero-order valence-corrected chi connectivity index (χ0v) is 14.8. The number of halogens is 4. The molecule has 0 aliphatic carbocycles. The van der Waals surface area contributed by atoms with Crippen molar-refractivity contribution in [2.75, 3.05) is 0 Å². The number of carbonyl (C=O) groups is 1. The summed E-state index contributed by atoms with van der Waals surface area (Å²) >= 11 is 23.4. The van der Waals surface area contributed by atoms with E-state index in [1.54, 1.807) is 25.1 Å². The molecule has 0 spiro atoms. The van der Waals surface area contributed by atoms with Crippen LogP contribution < -0.4 is 10.9 Å². The molecule has 0 saturated heterocycles. The van der Waals surface area contributed by atoms with Crippen LogP contribution in [0.1, 0.15) is 18.5 Å². The second kappa shape index (κ2) is 7.53. The minimum atomic E-state index is -0.633. The van der Waals surface area contributed by atoms with Crippen LogP contribution in [-0.4, -0.2) is 15.7 Å². The maximum absolute atomic E-state index is 12.1. The van der Waals surface area contributed by atoms with Gasteiger partial charge in [0.15, 0.2) is 0 Å². The van der Waals surface area contributed by atoms with Crippen LogP contribution in [-0.2, 0) is 11.3 Å². The van der Waals surface area contributed by atoms with Gasteiger partial charge in [-0.15, -0.1) is 0 Å². The Morgan fingerprint density at radius 3 is 2.61 bits per heavy atom. The molecule has 1 heterocycles. The average molecular weight is 395 g/mol. The highest BCUT2D eigenvalue weighted by atomic mass is 35.5. The minimum absolute atomic E-state index is 0.0367. The zero-order valence-electron chi connectivity index (χ0n) is 11.8. The third-order valence-corrected chi connectivity index (χ3v) is 4.35. The number of nitrogens with one attached hydrogen (secondary N) is 1. The van der Waals surface area contributed by atoms with E-state index in [0.717, 1.165) is 4.68 Å². The van der Waals surface area contributed by atoms with Crippen molar-refractivity contribution in [1.82, 2.24) is 15.1 Å². The lowest BCUT2D eigenvalue weighted by molar-refractivity contribution is -0.122. The monoisotopic (exact) mass is 393 g/mol. The summed E-state index contributed by atoms with van der Waals surface area (Å²) in [5.74, 6) is -0.420. The summed E-state index contributed by atoms with van der Waals surface area (Å²) < 4.78 is 0.930. The molecule has 1 atom stereocenters. The Labute approximate surface area is 152 Å². The van der Waals surface area contributed by atoms with Gasteiger partial charge in [-0.3, -0.25) is 9.59 Å². The Morgan fingerprint density at radius 1 is 1.26 bits per heavy atom. The van der Waals surface area contributed by atoms with Crippen LogP contribution in [0.5, 0.6) is 0 Å². The normalized spacial score (nSPS) is 12.0. The molecule has 0 aliphatic heterocycles. The van der Waals surface area contributed by atoms with Crippen molar-refractivity contribution in [2.24, 2.45) is 0 Å². The van der Waals surface area contributed by atoms with Crippen molar-refractivity contribution in [2.45, 2.75) is 19.5 Å². The molecule has 1 aromatic heterocycles. The van der Waals surface area contributed by atoms with Crippen LogP contribution >= 0.6 is 46.4 Å². The maximum Gasteiger partial charge on any atom is 0.287 e. The second-order valence-electron chi connectivity index (χ2n) is 4.72. The first-order valence-electron chi connectivity index (χ1n) is 6.45. The molecular formula is C14H11Cl4N3O2. The summed E-state index contributed by atoms with van der Waals surface area (Å²) in [6.07, 6.45) is 1.21. The molecule has 23 heavy (non-hydrogen) atoms. The molecule has 122 valence electrons. The highest BCUT2D eigenvalue weighted by Gasteiger charge is 2.15. The molecule has 0 saturated carbocycles. The Balaban J connectivity index is 2.10. The smallest absolute Gasteiger partial charge is 0.287 e. The Bertz CT molecular complexity index is 807. The predicted molar refractivity (Wildman–Crippen MR) is 91.5 cm³/mol. The SMILES string of the molecule is CC(NC(=O)Cn1ncc(Cl)c(Cl)c1=O)c1ccc(Cl)cc1Cl. The van der Waals surface area contributed by atoms with Gasteiger partial charge >= 0.3 is 0 Å². The average Bonchev–Trinajstić information content (AvgIpc) is 2.47. The van der Waals surface area contributed by atoms with Crippen molar-refractivity contribution >= 4 is 52.3 Å². The predicted octanol–water partition coefficient (Wildman–Crippen LogP) is 3.73. The van der Waals surface area contributed by atoms with E-state index in [-0.39, 0.29) is 22.6 Å². The highest BCUT2D eigenvalue weighted by Crippen LogP contribution is 2.26. The largest absolute Gasteiger partial charge is 0.348 e. The lowest BCUT2D eigenvalue weighted by atomic mass is 10.1. The lowest BCUT2D eigenvalue weighted by Crippen LogP contribution is -2.35. The quantitative estimate of drug-likeness (QED) is 0.858. The van der Waals surface area contributed by atoms with Gasteiger partial charge in [0.2, 0.25) is 5.91 Å². The number of benzene rings is 1. The van der Waals surface area contributed by atoms with E-state index >= 15 is 0 Å². The number of hydrogen-bond acceptors (Lipinski definition) is 3. The summed E-state index contributed by atoms with van der Waals surface area (Å²) in [6, 6.07) is 4.62. The van der Waals surface area contributed by atoms with Gasteiger partial charge in [-0.05, 0) is 24.6 Å². The minimum Gasteiger partial charge on any atom is -0.348 e. The first-order valence-corrected chi connectivity index (χ1v) is 7.96. The Kier molecular flexibility index (Phi) is 5.92. The second-order valence-corrected chi connectivity index (χ2v) is 6.35. The van der Waals surface area contributed by atoms with Crippen molar-refractivity contribution in [3.05, 3.63) is 60.4 Å². The third kappa shape index (κ3) is 4.38. The van der Waals surface area contributed by atoms with Gasteiger partial charge in [-0.2, -0.15) is 5.10 Å². The van der Waals surface area contributed by atoms with Crippen LogP contribution in [0.3, 0.4) is 0 Å². The number of amides is 1. The van der Waals surface area contributed by atoms with Gasteiger partial charge in [-0.1, -0.05) is 52.5 Å². The maximum atomic E-state index is 12.1. The molecule has 0 bridgehead atoms. The molecular weight excluding hydrogens is 384 g/mol.